The Morgan fingerprint density at radius 3 is 2.56 bits per heavy atom. The van der Waals surface area contributed by atoms with Gasteiger partial charge in [0, 0.05) is 10.8 Å². The van der Waals surface area contributed by atoms with Crippen molar-refractivity contribution in [3.05, 3.63) is 16.1 Å². The summed E-state index contributed by atoms with van der Waals surface area (Å²) < 4.78 is 6.16. The molecule has 2 heterocycles. The van der Waals surface area contributed by atoms with E-state index < -0.39 is 0 Å². The van der Waals surface area contributed by atoms with Crippen LogP contribution >= 0.6 is 11.3 Å². The largest absolute Gasteiger partial charge is 0.369 e. The van der Waals surface area contributed by atoms with E-state index in [1.165, 1.54) is 4.88 Å². The van der Waals surface area contributed by atoms with Gasteiger partial charge in [0.1, 0.15) is 0 Å². The van der Waals surface area contributed by atoms with Crippen LogP contribution in [0.15, 0.2) is 5.51 Å². The molecule has 2 unspecified atom stereocenters. The third kappa shape index (κ3) is 2.45. The molecule has 0 spiro atoms. The highest BCUT2D eigenvalue weighted by Crippen LogP contribution is 2.48. The standard InChI is InChI=1S/C13H23N3OS/c1-8-11(18-7-15-8)10(16-14)9-6-12(2,3)17-13(9,4)5/h7,9-10,16H,6,14H2,1-5H3. The second-order valence-electron chi connectivity index (χ2n) is 6.22. The molecule has 1 fully saturated rings. The van der Waals surface area contributed by atoms with Gasteiger partial charge in [0.25, 0.3) is 0 Å². The van der Waals surface area contributed by atoms with Gasteiger partial charge < -0.3 is 4.74 Å². The van der Waals surface area contributed by atoms with Crippen molar-refractivity contribution < 1.29 is 4.74 Å². The topological polar surface area (TPSA) is 60.2 Å². The molecule has 0 bridgehead atoms. The fourth-order valence-electron chi connectivity index (χ4n) is 3.11. The molecule has 0 aliphatic carbocycles. The van der Waals surface area contributed by atoms with Crippen molar-refractivity contribution >= 4 is 11.3 Å². The molecular formula is C13H23N3OS. The third-order valence-electron chi connectivity index (χ3n) is 3.79. The average molecular weight is 269 g/mol. The van der Waals surface area contributed by atoms with Gasteiger partial charge in [0.05, 0.1) is 28.4 Å². The first-order valence-corrected chi connectivity index (χ1v) is 7.21. The zero-order chi connectivity index (χ0) is 13.6. The Labute approximate surface area is 113 Å². The summed E-state index contributed by atoms with van der Waals surface area (Å²) in [6.07, 6.45) is 0.992. The highest BCUT2D eigenvalue weighted by atomic mass is 32.1. The summed E-state index contributed by atoms with van der Waals surface area (Å²) in [6, 6.07) is 0.106. The summed E-state index contributed by atoms with van der Waals surface area (Å²) in [6.45, 7) is 10.6. The Morgan fingerprint density at radius 1 is 1.50 bits per heavy atom. The average Bonchev–Trinajstić information content (AvgIpc) is 2.71. The molecule has 0 aromatic carbocycles. The number of nitrogens with two attached hydrogens (primary N) is 1. The minimum Gasteiger partial charge on any atom is -0.369 e. The fraction of sp³-hybridized carbons (Fsp3) is 0.769. The van der Waals surface area contributed by atoms with E-state index in [2.05, 4.69) is 38.1 Å². The minimum absolute atomic E-state index is 0.0954. The van der Waals surface area contributed by atoms with Crippen LogP contribution in [0.25, 0.3) is 0 Å². The molecule has 4 nitrogen and oxygen atoms in total. The number of ether oxygens (including phenoxy) is 1. The van der Waals surface area contributed by atoms with Crippen molar-refractivity contribution in [1.29, 1.82) is 0 Å². The van der Waals surface area contributed by atoms with Gasteiger partial charge in [-0.15, -0.1) is 11.3 Å². The minimum atomic E-state index is -0.184. The van der Waals surface area contributed by atoms with Gasteiger partial charge in [-0.25, -0.2) is 4.98 Å². The lowest BCUT2D eigenvalue weighted by Gasteiger charge is -2.32. The fourth-order valence-corrected chi connectivity index (χ4v) is 4.03. The number of aromatic nitrogens is 1. The maximum absolute atomic E-state index is 6.16. The van der Waals surface area contributed by atoms with Crippen LogP contribution in [-0.4, -0.2) is 16.2 Å². The third-order valence-corrected chi connectivity index (χ3v) is 4.80. The molecule has 18 heavy (non-hydrogen) atoms. The van der Waals surface area contributed by atoms with Crippen LogP contribution in [0, 0.1) is 12.8 Å². The Balaban J connectivity index is 2.32. The van der Waals surface area contributed by atoms with Crippen molar-refractivity contribution in [3.63, 3.8) is 0 Å². The summed E-state index contributed by atoms with van der Waals surface area (Å²) in [4.78, 5) is 5.54. The molecule has 0 saturated carbocycles. The molecule has 5 heteroatoms. The molecule has 3 N–H and O–H groups in total. The van der Waals surface area contributed by atoms with Crippen LogP contribution in [0.2, 0.25) is 0 Å². The van der Waals surface area contributed by atoms with E-state index in [0.717, 1.165) is 12.1 Å². The second-order valence-corrected chi connectivity index (χ2v) is 7.11. The van der Waals surface area contributed by atoms with Crippen molar-refractivity contribution in [2.75, 3.05) is 0 Å². The molecule has 1 aromatic rings. The first-order valence-electron chi connectivity index (χ1n) is 6.33. The van der Waals surface area contributed by atoms with Gasteiger partial charge in [-0.1, -0.05) is 0 Å². The smallest absolute Gasteiger partial charge is 0.0798 e. The van der Waals surface area contributed by atoms with E-state index in [9.17, 15) is 0 Å². The van der Waals surface area contributed by atoms with Crippen LogP contribution in [0.4, 0.5) is 0 Å². The van der Waals surface area contributed by atoms with Gasteiger partial charge in [-0.3, -0.25) is 11.3 Å². The maximum Gasteiger partial charge on any atom is 0.0798 e. The highest BCUT2D eigenvalue weighted by molar-refractivity contribution is 7.09. The second kappa shape index (κ2) is 4.56. The summed E-state index contributed by atoms with van der Waals surface area (Å²) in [7, 11) is 0. The van der Waals surface area contributed by atoms with Crippen LogP contribution in [0.5, 0.6) is 0 Å². The molecular weight excluding hydrogens is 246 g/mol. The lowest BCUT2D eigenvalue weighted by molar-refractivity contribution is -0.0778. The number of hydrazine groups is 1. The van der Waals surface area contributed by atoms with Gasteiger partial charge in [-0.2, -0.15) is 0 Å². The quantitative estimate of drug-likeness (QED) is 0.654. The molecule has 1 aliphatic rings. The van der Waals surface area contributed by atoms with Gasteiger partial charge in [-0.05, 0) is 41.0 Å². The number of nitrogens with zero attached hydrogens (tertiary/aromatic N) is 1. The van der Waals surface area contributed by atoms with E-state index in [1.807, 2.05) is 12.4 Å². The first kappa shape index (κ1) is 13.9. The van der Waals surface area contributed by atoms with Crippen molar-refractivity contribution in [1.82, 2.24) is 10.4 Å². The van der Waals surface area contributed by atoms with E-state index in [1.54, 1.807) is 11.3 Å². The number of aryl methyl sites for hydroxylation is 1. The van der Waals surface area contributed by atoms with E-state index in [-0.39, 0.29) is 17.2 Å². The number of nitrogens with one attached hydrogen (secondary N) is 1. The van der Waals surface area contributed by atoms with Crippen LogP contribution in [0.1, 0.15) is 50.7 Å². The number of hydrogen-bond acceptors (Lipinski definition) is 5. The first-order chi connectivity index (χ1) is 8.27. The normalized spacial score (nSPS) is 27.3. The predicted molar refractivity (Wildman–Crippen MR) is 74.3 cm³/mol. The van der Waals surface area contributed by atoms with Gasteiger partial charge >= 0.3 is 0 Å². The summed E-state index contributed by atoms with van der Waals surface area (Å²) >= 11 is 1.66. The summed E-state index contributed by atoms with van der Waals surface area (Å²) in [5, 5.41) is 0. The van der Waals surface area contributed by atoms with Crippen LogP contribution in [-0.2, 0) is 4.74 Å². The monoisotopic (exact) mass is 269 g/mol. The zero-order valence-corrected chi connectivity index (χ0v) is 12.6. The van der Waals surface area contributed by atoms with E-state index in [4.69, 9.17) is 10.6 Å². The molecule has 2 atom stereocenters. The SMILES string of the molecule is Cc1ncsc1C(NN)C1CC(C)(C)OC1(C)C. The molecule has 0 radical (unpaired) electrons. The maximum atomic E-state index is 6.16. The van der Waals surface area contributed by atoms with Crippen molar-refractivity contribution in [2.24, 2.45) is 11.8 Å². The predicted octanol–water partition coefficient (Wildman–Crippen LogP) is 2.55. The molecule has 1 aromatic heterocycles. The van der Waals surface area contributed by atoms with Crippen molar-refractivity contribution in [2.45, 2.75) is 58.3 Å². The lowest BCUT2D eigenvalue weighted by Crippen LogP contribution is -2.41. The molecule has 0 amide bonds. The molecule has 1 saturated heterocycles. The lowest BCUT2D eigenvalue weighted by atomic mass is 9.81. The Hall–Kier alpha value is -0.490. The van der Waals surface area contributed by atoms with Crippen LogP contribution in [0.3, 0.4) is 0 Å². The van der Waals surface area contributed by atoms with Gasteiger partial charge in [0.2, 0.25) is 0 Å². The van der Waals surface area contributed by atoms with Crippen molar-refractivity contribution in [3.8, 4) is 0 Å². The molecule has 1 aliphatic heterocycles. The zero-order valence-electron chi connectivity index (χ0n) is 11.8. The van der Waals surface area contributed by atoms with Gasteiger partial charge in [0.15, 0.2) is 0 Å². The number of thiazole rings is 1. The summed E-state index contributed by atoms with van der Waals surface area (Å²) in [5.74, 6) is 6.14. The Kier molecular flexibility index (Phi) is 3.53. The van der Waals surface area contributed by atoms with Crippen LogP contribution < -0.4 is 11.3 Å². The molecule has 2 rings (SSSR count). The molecule has 102 valence electrons. The Bertz CT molecular complexity index is 428. The highest BCUT2D eigenvalue weighted by Gasteiger charge is 2.49. The van der Waals surface area contributed by atoms with E-state index in [0.29, 0.717) is 5.92 Å². The Morgan fingerprint density at radius 2 is 2.17 bits per heavy atom. The van der Waals surface area contributed by atoms with E-state index >= 15 is 0 Å². The number of rotatable bonds is 3. The number of hydrogen-bond donors (Lipinski definition) is 2. The summed E-state index contributed by atoms with van der Waals surface area (Å²) in [5.41, 5.74) is 5.63.